The van der Waals surface area contributed by atoms with Crippen LogP contribution in [0.1, 0.15) is 56.1 Å². The van der Waals surface area contributed by atoms with Crippen LogP contribution < -0.4 is 10.6 Å². The van der Waals surface area contributed by atoms with Crippen molar-refractivity contribution in [2.75, 3.05) is 6.61 Å². The van der Waals surface area contributed by atoms with Crippen LogP contribution >= 0.6 is 0 Å². The Kier molecular flexibility index (Phi) is 6.96. The zero-order chi connectivity index (χ0) is 23.4. The highest BCUT2D eigenvalue weighted by Gasteiger charge is 2.36. The minimum Gasteiger partial charge on any atom is -0.481 e. The number of carbonyl (C=O) groups excluding carboxylic acids is 2. The molecular weight excluding hydrogens is 420 g/mol. The molecule has 1 unspecified atom stereocenters. The maximum atomic E-state index is 12.7. The number of benzene rings is 2. The summed E-state index contributed by atoms with van der Waals surface area (Å²) in [4.78, 5) is 36.4. The molecule has 0 aromatic heterocycles. The van der Waals surface area contributed by atoms with Crippen LogP contribution in [0.3, 0.4) is 0 Å². The first-order chi connectivity index (χ1) is 16.0. The highest BCUT2D eigenvalue weighted by Crippen LogP contribution is 2.44. The van der Waals surface area contributed by atoms with Crippen molar-refractivity contribution in [2.24, 2.45) is 5.92 Å². The van der Waals surface area contributed by atoms with Crippen LogP contribution in [-0.4, -0.2) is 41.8 Å². The molecule has 2 aliphatic rings. The fraction of sp³-hybridized carbons (Fsp3) is 0.423. The van der Waals surface area contributed by atoms with E-state index in [1.54, 1.807) is 0 Å². The highest BCUT2D eigenvalue weighted by atomic mass is 16.5. The molecule has 33 heavy (non-hydrogen) atoms. The molecule has 2 aromatic carbocycles. The zero-order valence-corrected chi connectivity index (χ0v) is 18.8. The van der Waals surface area contributed by atoms with Gasteiger partial charge in [-0.3, -0.25) is 9.59 Å². The summed E-state index contributed by atoms with van der Waals surface area (Å²) in [6, 6.07) is 15.6. The average Bonchev–Trinajstić information content (AvgIpc) is 3.39. The van der Waals surface area contributed by atoms with E-state index in [9.17, 15) is 14.4 Å². The molecule has 0 saturated heterocycles. The Bertz CT molecular complexity index is 991. The molecule has 2 aliphatic carbocycles. The molecule has 2 aromatic rings. The number of hydrogen-bond donors (Lipinski definition) is 3. The van der Waals surface area contributed by atoms with Crippen LogP contribution in [0.25, 0.3) is 11.1 Å². The maximum absolute atomic E-state index is 12.7. The van der Waals surface area contributed by atoms with E-state index in [0.717, 1.165) is 17.5 Å². The number of amides is 2. The van der Waals surface area contributed by atoms with E-state index < -0.39 is 18.1 Å². The summed E-state index contributed by atoms with van der Waals surface area (Å²) in [7, 11) is 0. The van der Waals surface area contributed by atoms with Crippen molar-refractivity contribution in [1.82, 2.24) is 10.6 Å². The van der Waals surface area contributed by atoms with Crippen LogP contribution in [0.4, 0.5) is 4.79 Å². The Morgan fingerprint density at radius 3 is 2.27 bits per heavy atom. The molecule has 174 valence electrons. The molecule has 7 nitrogen and oxygen atoms in total. The molecule has 0 heterocycles. The minimum absolute atomic E-state index is 0.0212. The molecule has 0 spiro atoms. The van der Waals surface area contributed by atoms with Gasteiger partial charge in [0.05, 0.1) is 12.3 Å². The molecule has 2 amide bonds. The third-order valence-corrected chi connectivity index (χ3v) is 6.76. The Morgan fingerprint density at radius 1 is 1.03 bits per heavy atom. The Balaban J connectivity index is 1.35. The third kappa shape index (κ3) is 5.02. The van der Waals surface area contributed by atoms with E-state index in [1.165, 1.54) is 11.1 Å². The first kappa shape index (κ1) is 22.8. The number of aliphatic carboxylic acids is 1. The van der Waals surface area contributed by atoms with Gasteiger partial charge in [0.2, 0.25) is 5.91 Å². The number of carboxylic acid groups (broad SMARTS) is 1. The number of carboxylic acids is 1. The maximum Gasteiger partial charge on any atom is 0.407 e. The van der Waals surface area contributed by atoms with Gasteiger partial charge in [-0.05, 0) is 41.5 Å². The van der Waals surface area contributed by atoms with Crippen LogP contribution in [0.5, 0.6) is 0 Å². The topological polar surface area (TPSA) is 105 Å². The third-order valence-electron chi connectivity index (χ3n) is 6.76. The number of carbonyl (C=O) groups is 3. The Hall–Kier alpha value is -3.35. The lowest BCUT2D eigenvalue weighted by Crippen LogP contribution is -2.47. The van der Waals surface area contributed by atoms with Crippen molar-refractivity contribution in [3.8, 4) is 11.1 Å². The quantitative estimate of drug-likeness (QED) is 0.563. The second-order valence-corrected chi connectivity index (χ2v) is 8.83. The van der Waals surface area contributed by atoms with E-state index in [1.807, 2.05) is 31.2 Å². The average molecular weight is 451 g/mol. The number of nitrogens with one attached hydrogen (secondary N) is 2. The lowest BCUT2D eigenvalue weighted by atomic mass is 9.98. The monoisotopic (exact) mass is 450 g/mol. The summed E-state index contributed by atoms with van der Waals surface area (Å²) < 4.78 is 5.63. The summed E-state index contributed by atoms with van der Waals surface area (Å²) in [5.41, 5.74) is 4.63. The second-order valence-electron chi connectivity index (χ2n) is 8.83. The van der Waals surface area contributed by atoms with Gasteiger partial charge in [0.25, 0.3) is 0 Å². The first-order valence-corrected chi connectivity index (χ1v) is 11.6. The number of rotatable bonds is 8. The minimum atomic E-state index is -0.943. The normalized spacial score (nSPS) is 19.9. The Labute approximate surface area is 193 Å². The second kappa shape index (κ2) is 10.1. The van der Waals surface area contributed by atoms with Gasteiger partial charge in [0, 0.05) is 18.0 Å². The van der Waals surface area contributed by atoms with Gasteiger partial charge >= 0.3 is 12.1 Å². The zero-order valence-electron chi connectivity index (χ0n) is 18.8. The number of ether oxygens (including phenoxy) is 1. The van der Waals surface area contributed by atoms with Crippen molar-refractivity contribution >= 4 is 18.0 Å². The molecule has 0 radical (unpaired) electrons. The van der Waals surface area contributed by atoms with E-state index in [2.05, 4.69) is 34.9 Å². The molecule has 1 saturated carbocycles. The lowest BCUT2D eigenvalue weighted by molar-refractivity contribution is -0.137. The van der Waals surface area contributed by atoms with Gasteiger partial charge in [-0.25, -0.2) is 4.79 Å². The number of alkyl carbamates (subject to hydrolysis) is 1. The van der Waals surface area contributed by atoms with E-state index in [4.69, 9.17) is 9.84 Å². The van der Waals surface area contributed by atoms with Gasteiger partial charge in [0.15, 0.2) is 0 Å². The molecule has 4 rings (SSSR count). The Morgan fingerprint density at radius 2 is 1.67 bits per heavy atom. The standard InChI is InChI=1S/C26H30N2O5/c1-2-16(14-24(29)30)27-25(31)21-12-7-13-23(21)28-26(32)33-15-22-19-10-5-3-8-17(19)18-9-4-6-11-20(18)22/h3-6,8-11,16,21-23H,2,7,12-15H2,1H3,(H,27,31)(H,28,32)(H,29,30)/t16?,21-,23+/m1/s1. The highest BCUT2D eigenvalue weighted by molar-refractivity contribution is 5.82. The first-order valence-electron chi connectivity index (χ1n) is 11.6. The molecule has 3 N–H and O–H groups in total. The van der Waals surface area contributed by atoms with Gasteiger partial charge in [-0.1, -0.05) is 61.9 Å². The van der Waals surface area contributed by atoms with Gasteiger partial charge in [-0.2, -0.15) is 0 Å². The molecule has 0 aliphatic heterocycles. The number of hydrogen-bond acceptors (Lipinski definition) is 4. The largest absolute Gasteiger partial charge is 0.481 e. The van der Waals surface area contributed by atoms with Gasteiger partial charge in [-0.15, -0.1) is 0 Å². The van der Waals surface area contributed by atoms with Crippen LogP contribution in [0.2, 0.25) is 0 Å². The fourth-order valence-corrected chi connectivity index (χ4v) is 5.05. The molecule has 0 bridgehead atoms. The molecule has 3 atom stereocenters. The molecule has 1 fully saturated rings. The number of fused-ring (bicyclic) bond motifs is 3. The lowest BCUT2D eigenvalue weighted by Gasteiger charge is -2.23. The van der Waals surface area contributed by atoms with Crippen molar-refractivity contribution < 1.29 is 24.2 Å². The molecule has 7 heteroatoms. The van der Waals surface area contributed by atoms with E-state index in [0.29, 0.717) is 19.3 Å². The van der Waals surface area contributed by atoms with Crippen molar-refractivity contribution in [3.05, 3.63) is 59.7 Å². The predicted octanol–water partition coefficient (Wildman–Crippen LogP) is 4.06. The fourth-order valence-electron chi connectivity index (χ4n) is 5.05. The van der Waals surface area contributed by atoms with Crippen LogP contribution in [0, 0.1) is 5.92 Å². The van der Waals surface area contributed by atoms with Crippen molar-refractivity contribution in [1.29, 1.82) is 0 Å². The SMILES string of the molecule is CCC(CC(=O)O)NC(=O)[C@@H]1CCC[C@@H]1NC(=O)OCC1c2ccccc2-c2ccccc21. The van der Waals surface area contributed by atoms with Crippen LogP contribution in [-0.2, 0) is 14.3 Å². The van der Waals surface area contributed by atoms with E-state index in [-0.39, 0.29) is 36.8 Å². The summed E-state index contributed by atoms with van der Waals surface area (Å²) in [5.74, 6) is -1.55. The predicted molar refractivity (Wildman–Crippen MR) is 124 cm³/mol. The summed E-state index contributed by atoms with van der Waals surface area (Å²) in [5, 5.41) is 14.7. The summed E-state index contributed by atoms with van der Waals surface area (Å²) >= 11 is 0. The van der Waals surface area contributed by atoms with Gasteiger partial charge in [0.1, 0.15) is 6.61 Å². The summed E-state index contributed by atoms with van der Waals surface area (Å²) in [6.07, 6.45) is 2.07. The van der Waals surface area contributed by atoms with E-state index >= 15 is 0 Å². The van der Waals surface area contributed by atoms with Crippen molar-refractivity contribution in [2.45, 2.75) is 57.0 Å². The van der Waals surface area contributed by atoms with Crippen LogP contribution in [0.15, 0.2) is 48.5 Å². The van der Waals surface area contributed by atoms with Gasteiger partial charge < -0.3 is 20.5 Å². The summed E-state index contributed by atoms with van der Waals surface area (Å²) in [6.45, 7) is 2.06. The smallest absolute Gasteiger partial charge is 0.407 e. The molecular formula is C26H30N2O5. The van der Waals surface area contributed by atoms with Crippen molar-refractivity contribution in [3.63, 3.8) is 0 Å².